The topological polar surface area (TPSA) is 172 Å². The van der Waals surface area contributed by atoms with Crippen molar-refractivity contribution in [1.29, 1.82) is 0 Å². The predicted molar refractivity (Wildman–Crippen MR) is 251 cm³/mol. The molecule has 4 N–H and O–H groups in total. The summed E-state index contributed by atoms with van der Waals surface area (Å²) in [6.07, 6.45) is 3.47. The smallest absolute Gasteiger partial charge is 0.435 e. The third-order valence-electron chi connectivity index (χ3n) is 21.0. The highest BCUT2D eigenvalue weighted by Crippen LogP contribution is 2.76. The van der Waals surface area contributed by atoms with Crippen molar-refractivity contribution in [2.75, 3.05) is 32.7 Å². The number of carbonyl (C=O) groups excluding carboxylic acids is 4. The minimum atomic E-state index is -4.76. The molecule has 69 heavy (non-hydrogen) atoms. The summed E-state index contributed by atoms with van der Waals surface area (Å²) in [7, 11) is 0. The highest BCUT2D eigenvalue weighted by molar-refractivity contribution is 6.04. The normalized spacial score (nSPS) is 37.8. The molecular weight excluding hydrogens is 890 g/mol. The summed E-state index contributed by atoms with van der Waals surface area (Å²) < 4.78 is 49.7. The molecule has 2 heterocycles. The van der Waals surface area contributed by atoms with Crippen LogP contribution in [0.2, 0.25) is 0 Å². The fourth-order valence-electron chi connectivity index (χ4n) is 16.5. The number of aromatic nitrogens is 2. The summed E-state index contributed by atoms with van der Waals surface area (Å²) in [4.78, 5) is 71.2. The van der Waals surface area contributed by atoms with Crippen molar-refractivity contribution in [1.82, 2.24) is 30.6 Å². The molecule has 0 radical (unpaired) electrons. The largest absolute Gasteiger partial charge is 0.481 e. The molecule has 0 bridgehead atoms. The van der Waals surface area contributed by atoms with Gasteiger partial charge in [0.25, 0.3) is 5.91 Å². The van der Waals surface area contributed by atoms with Crippen LogP contribution in [0.3, 0.4) is 0 Å². The van der Waals surface area contributed by atoms with E-state index in [2.05, 4.69) is 74.4 Å². The lowest BCUT2D eigenvalue weighted by molar-refractivity contribution is -0.235. The van der Waals surface area contributed by atoms with Gasteiger partial charge in [-0.1, -0.05) is 62.3 Å². The summed E-state index contributed by atoms with van der Waals surface area (Å²) in [5.74, 6) is -2.66. The minimum Gasteiger partial charge on any atom is -0.481 e. The Hall–Kier alpha value is -3.79. The van der Waals surface area contributed by atoms with Gasteiger partial charge in [0.15, 0.2) is 11.5 Å². The molecule has 1 saturated heterocycles. The molecule has 8 aliphatic rings. The molecular formula is C53H77F3N6O7. The highest BCUT2D eigenvalue weighted by atomic mass is 19.4. The van der Waals surface area contributed by atoms with Gasteiger partial charge in [0.05, 0.1) is 23.9 Å². The molecule has 9 rings (SSSR count). The first kappa shape index (κ1) is 50.2. The van der Waals surface area contributed by atoms with Crippen LogP contribution in [-0.4, -0.2) is 99.2 Å². The summed E-state index contributed by atoms with van der Waals surface area (Å²) in [6, 6.07) is 0.783. The maximum atomic E-state index is 15.0. The predicted octanol–water partition coefficient (Wildman–Crippen LogP) is 7.97. The molecule has 7 fully saturated rings. The van der Waals surface area contributed by atoms with E-state index in [0.717, 1.165) is 93.0 Å². The van der Waals surface area contributed by atoms with E-state index in [9.17, 15) is 42.3 Å². The quantitative estimate of drug-likeness (QED) is 0.160. The second-order valence-electron chi connectivity index (χ2n) is 25.1. The highest BCUT2D eigenvalue weighted by Gasteiger charge is 2.71. The Morgan fingerprint density at radius 2 is 1.55 bits per heavy atom. The number of alkyl halides is 3. The summed E-state index contributed by atoms with van der Waals surface area (Å²) in [5.41, 5.74) is -3.14. The van der Waals surface area contributed by atoms with E-state index in [4.69, 9.17) is 4.74 Å². The van der Waals surface area contributed by atoms with Crippen LogP contribution in [0.1, 0.15) is 162 Å². The second-order valence-corrected chi connectivity index (χ2v) is 25.1. The van der Waals surface area contributed by atoms with Crippen LogP contribution in [0.25, 0.3) is 0 Å². The van der Waals surface area contributed by atoms with Gasteiger partial charge in [-0.2, -0.15) is 18.3 Å². The van der Waals surface area contributed by atoms with E-state index in [0.29, 0.717) is 44.6 Å². The Morgan fingerprint density at radius 1 is 0.855 bits per heavy atom. The number of esters is 1. The molecule has 6 saturated carbocycles. The lowest BCUT2D eigenvalue weighted by atomic mass is 9.33. The second kappa shape index (κ2) is 16.9. The number of ether oxygens (including phenoxy) is 1. The minimum absolute atomic E-state index is 0.0281. The van der Waals surface area contributed by atoms with Gasteiger partial charge >= 0.3 is 18.1 Å². The number of carbonyl (C=O) groups is 5. The lowest BCUT2D eigenvalue weighted by Gasteiger charge is -2.72. The number of fused-ring (bicyclic) bond motifs is 7. The van der Waals surface area contributed by atoms with Crippen LogP contribution < -0.4 is 16.0 Å². The van der Waals surface area contributed by atoms with Gasteiger partial charge in [0.1, 0.15) is 17.3 Å². The van der Waals surface area contributed by atoms with Gasteiger partial charge < -0.3 is 25.8 Å². The molecule has 1 aromatic heterocycles. The zero-order valence-electron chi connectivity index (χ0n) is 42.4. The number of rotatable bonds is 11. The fraction of sp³-hybridized carbons (Fsp3) is 0.811. The molecule has 1 aromatic rings. The van der Waals surface area contributed by atoms with Crippen molar-refractivity contribution in [2.24, 2.45) is 62.6 Å². The fourth-order valence-corrected chi connectivity index (χ4v) is 16.5. The summed E-state index contributed by atoms with van der Waals surface area (Å²) in [6.45, 7) is 23.2. The van der Waals surface area contributed by atoms with Crippen LogP contribution >= 0.6 is 0 Å². The molecule has 7 aliphatic carbocycles. The number of ketones is 1. The first-order valence-electron chi connectivity index (χ1n) is 26.1. The molecule has 10 atom stereocenters. The maximum Gasteiger partial charge on any atom is 0.435 e. The van der Waals surface area contributed by atoms with E-state index in [1.165, 1.54) is 0 Å². The van der Waals surface area contributed by atoms with Crippen LogP contribution in [0.15, 0.2) is 17.2 Å². The number of Topliss-reactive ketones (excluding diaryl/α,β-unsaturated/α-hetero) is 1. The van der Waals surface area contributed by atoms with Crippen LogP contribution in [0.5, 0.6) is 0 Å². The van der Waals surface area contributed by atoms with Gasteiger partial charge in [0, 0.05) is 50.6 Å². The van der Waals surface area contributed by atoms with Crippen LogP contribution in [-0.2, 0) is 36.6 Å². The van der Waals surface area contributed by atoms with E-state index in [1.54, 1.807) is 0 Å². The van der Waals surface area contributed by atoms with Crippen molar-refractivity contribution in [2.45, 2.75) is 176 Å². The number of nitrogens with one attached hydrogen (secondary N) is 3. The van der Waals surface area contributed by atoms with Crippen molar-refractivity contribution < 1.29 is 47.0 Å². The number of halogens is 3. The lowest BCUT2D eigenvalue weighted by Crippen LogP contribution is -2.70. The Balaban J connectivity index is 0.949. The Bertz CT molecular complexity index is 2310. The zero-order chi connectivity index (χ0) is 50.1. The van der Waals surface area contributed by atoms with E-state index in [-0.39, 0.29) is 81.8 Å². The standard InChI is InChI=1S/C53H77F3N6O7/c1-30(2)40-35(63)29-52(59-45(68)51(15-10-16-51)58-42(64)34-28-38(53(54,55)56)60-62(34)26-25-61-23-21-57-22-24-61)20-19-49(8)31(41(40)52)11-12-37-48(7)17-14-39(47(5,6)36(48)13-18-50(37,49)9)69-44(67)33-27-32(43(65)66)46(33,3)4/h28,30-33,36-37,39,57H,10-27,29H2,1-9H3,(H,58,64)(H,59,68)(H,65,66)/t31-,32+,33-,36+,37-,39+,48+,49-,50-,52-/m1/s1. The van der Waals surface area contributed by atoms with E-state index >= 15 is 0 Å². The zero-order valence-corrected chi connectivity index (χ0v) is 42.4. The summed E-state index contributed by atoms with van der Waals surface area (Å²) >= 11 is 0. The SMILES string of the molecule is CC(C)C1=C2[C@H]3CC[C@@H]4[C@@]5(C)CC[C@H](OC(=O)[C@H]6C[C@@H](C(=O)O)C6(C)C)C(C)(C)[C@@H]5CC[C@@]4(C)[C@]3(C)CC[C@@]2(NC(=O)C2(NC(=O)c3cc(C(F)(F)F)nn3CCN3CCNCC3)CCC2)CC1=O. The molecule has 1 aliphatic heterocycles. The van der Waals surface area contributed by atoms with E-state index < -0.39 is 52.1 Å². The Morgan fingerprint density at radius 3 is 2.16 bits per heavy atom. The average Bonchev–Trinajstić information content (AvgIpc) is 3.81. The maximum absolute atomic E-state index is 15.0. The monoisotopic (exact) mass is 967 g/mol. The number of piperazine rings is 1. The number of hydrogen-bond donors (Lipinski definition) is 4. The number of nitrogens with zero attached hydrogens (tertiary/aromatic N) is 3. The first-order chi connectivity index (χ1) is 32.1. The van der Waals surface area contributed by atoms with Gasteiger partial charge in [-0.25, -0.2) is 0 Å². The molecule has 0 unspecified atom stereocenters. The summed E-state index contributed by atoms with van der Waals surface area (Å²) in [5, 5.41) is 23.2. The van der Waals surface area contributed by atoms with Crippen molar-refractivity contribution >= 4 is 29.5 Å². The molecule has 13 nitrogen and oxygen atoms in total. The van der Waals surface area contributed by atoms with Crippen molar-refractivity contribution in [3.05, 3.63) is 28.6 Å². The van der Waals surface area contributed by atoms with Gasteiger partial charge in [-0.05, 0) is 134 Å². The Kier molecular flexibility index (Phi) is 12.3. The molecule has 0 aromatic carbocycles. The van der Waals surface area contributed by atoms with Crippen molar-refractivity contribution in [3.63, 3.8) is 0 Å². The first-order valence-corrected chi connectivity index (χ1v) is 26.1. The molecule has 2 amide bonds. The Labute approximate surface area is 405 Å². The van der Waals surface area contributed by atoms with Gasteiger partial charge in [-0.15, -0.1) is 0 Å². The van der Waals surface area contributed by atoms with Gasteiger partial charge in [0.2, 0.25) is 5.91 Å². The third kappa shape index (κ3) is 7.74. The molecule has 382 valence electrons. The van der Waals surface area contributed by atoms with Crippen LogP contribution in [0.4, 0.5) is 13.2 Å². The van der Waals surface area contributed by atoms with Crippen molar-refractivity contribution in [3.8, 4) is 0 Å². The third-order valence-corrected chi connectivity index (χ3v) is 21.0. The number of aliphatic carboxylic acids is 1. The van der Waals surface area contributed by atoms with Gasteiger partial charge in [-0.3, -0.25) is 33.6 Å². The number of carboxylic acid groups (broad SMARTS) is 1. The number of carboxylic acids is 1. The van der Waals surface area contributed by atoms with Crippen LogP contribution in [0, 0.1) is 62.6 Å². The molecule has 0 spiro atoms. The molecule has 16 heteroatoms. The number of amides is 2. The number of allylic oxidation sites excluding steroid dienone is 1. The van der Waals surface area contributed by atoms with E-state index in [1.807, 2.05) is 13.8 Å². The number of hydrogen-bond acceptors (Lipinski definition) is 9. The average molecular weight is 967 g/mol.